The summed E-state index contributed by atoms with van der Waals surface area (Å²) in [6, 6.07) is 10.9. The second kappa shape index (κ2) is 10.1. The Morgan fingerprint density at radius 2 is 1.83 bits per heavy atom. The lowest BCUT2D eigenvalue weighted by molar-refractivity contribution is -0.127. The highest BCUT2D eigenvalue weighted by molar-refractivity contribution is 8.18. The summed E-state index contributed by atoms with van der Waals surface area (Å²) in [7, 11) is 0. The molecule has 0 unspecified atom stereocenters. The van der Waals surface area contributed by atoms with E-state index in [4.69, 9.17) is 11.6 Å². The zero-order chi connectivity index (χ0) is 26.2. The largest absolute Gasteiger partial charge is 0.362 e. The minimum atomic E-state index is -0.464. The lowest BCUT2D eigenvalue weighted by Gasteiger charge is -2.43. The van der Waals surface area contributed by atoms with Crippen LogP contribution in [0.2, 0.25) is 5.02 Å². The second-order valence-electron chi connectivity index (χ2n) is 9.68. The van der Waals surface area contributed by atoms with Crippen molar-refractivity contribution in [2.24, 2.45) is 0 Å². The van der Waals surface area contributed by atoms with E-state index >= 15 is 0 Å². The normalized spacial score (nSPS) is 17.9. The van der Waals surface area contributed by atoms with Gasteiger partial charge in [-0.25, -0.2) is 0 Å². The number of fused-ring (bicyclic) bond motifs is 1. The Morgan fingerprint density at radius 3 is 2.50 bits per heavy atom. The third-order valence-corrected chi connectivity index (χ3v) is 7.56. The van der Waals surface area contributed by atoms with Crippen molar-refractivity contribution in [2.45, 2.75) is 46.6 Å². The SMILES string of the molecule is CCCN1c2cc(C)c(/C=C3/SC(=O)N(CC(=O)Nc4ccc(Cl)cc4)C3=O)cc2C(C)=CC1(C)C. The Balaban J connectivity index is 1.57. The summed E-state index contributed by atoms with van der Waals surface area (Å²) in [5, 5.41) is 2.78. The maximum atomic E-state index is 13.0. The molecule has 0 aromatic heterocycles. The summed E-state index contributed by atoms with van der Waals surface area (Å²) in [5.74, 6) is -0.917. The average Bonchev–Trinajstić information content (AvgIpc) is 3.06. The summed E-state index contributed by atoms with van der Waals surface area (Å²) < 4.78 is 0. The van der Waals surface area contributed by atoms with Crippen molar-refractivity contribution in [2.75, 3.05) is 23.3 Å². The van der Waals surface area contributed by atoms with Crippen LogP contribution in [0.25, 0.3) is 11.6 Å². The molecule has 8 heteroatoms. The van der Waals surface area contributed by atoms with Crippen molar-refractivity contribution in [1.29, 1.82) is 0 Å². The van der Waals surface area contributed by atoms with Gasteiger partial charge in [0, 0.05) is 28.5 Å². The van der Waals surface area contributed by atoms with Crippen LogP contribution in [0.1, 0.15) is 50.8 Å². The van der Waals surface area contributed by atoms with E-state index in [0.717, 1.165) is 46.3 Å². The molecule has 36 heavy (non-hydrogen) atoms. The number of thioether (sulfide) groups is 1. The van der Waals surface area contributed by atoms with Crippen molar-refractivity contribution >= 4 is 63.4 Å². The molecule has 1 N–H and O–H groups in total. The Morgan fingerprint density at radius 1 is 1.14 bits per heavy atom. The maximum absolute atomic E-state index is 13.0. The summed E-state index contributed by atoms with van der Waals surface area (Å²) in [5.41, 5.74) is 5.85. The van der Waals surface area contributed by atoms with Gasteiger partial charge < -0.3 is 10.2 Å². The van der Waals surface area contributed by atoms with Gasteiger partial charge in [0.25, 0.3) is 11.1 Å². The minimum absolute atomic E-state index is 0.0870. The Kier molecular flexibility index (Phi) is 7.34. The van der Waals surface area contributed by atoms with E-state index in [9.17, 15) is 14.4 Å². The van der Waals surface area contributed by atoms with Crippen LogP contribution in [0.4, 0.5) is 16.2 Å². The number of imide groups is 1. The third-order valence-electron chi connectivity index (χ3n) is 6.40. The van der Waals surface area contributed by atoms with E-state index in [1.54, 1.807) is 30.3 Å². The fourth-order valence-electron chi connectivity index (χ4n) is 4.69. The zero-order valence-electron chi connectivity index (χ0n) is 21.1. The zero-order valence-corrected chi connectivity index (χ0v) is 22.7. The number of aryl methyl sites for hydroxylation is 1. The fourth-order valence-corrected chi connectivity index (χ4v) is 5.64. The molecule has 3 amide bonds. The van der Waals surface area contributed by atoms with E-state index in [1.165, 1.54) is 11.3 Å². The number of anilines is 2. The number of nitrogens with one attached hydrogen (secondary N) is 1. The quantitative estimate of drug-likeness (QED) is 0.425. The first-order valence-corrected chi connectivity index (χ1v) is 13.1. The fraction of sp³-hybridized carbons (Fsp3) is 0.321. The van der Waals surface area contributed by atoms with Crippen molar-refractivity contribution in [3.8, 4) is 0 Å². The molecular weight excluding hydrogens is 494 g/mol. The molecule has 4 rings (SSSR count). The van der Waals surface area contributed by atoms with Gasteiger partial charge >= 0.3 is 0 Å². The van der Waals surface area contributed by atoms with Crippen LogP contribution in [0.5, 0.6) is 0 Å². The highest BCUT2D eigenvalue weighted by atomic mass is 35.5. The van der Waals surface area contributed by atoms with Crippen molar-refractivity contribution < 1.29 is 14.4 Å². The smallest absolute Gasteiger partial charge is 0.294 e. The molecule has 0 radical (unpaired) electrons. The predicted octanol–water partition coefficient (Wildman–Crippen LogP) is 6.74. The standard InChI is InChI=1S/C28H30ClN3O3S/c1-6-11-32-23-12-17(2)19(13-22(23)18(3)15-28(32,4)5)14-24-26(34)31(27(35)36-24)16-25(33)30-21-9-7-20(29)8-10-21/h7-10,12-15H,6,11,16H2,1-5H3,(H,30,33)/b24-14+. The first kappa shape index (κ1) is 26.0. The molecule has 1 saturated heterocycles. The van der Waals surface area contributed by atoms with Crippen LogP contribution in [0, 0.1) is 6.92 Å². The summed E-state index contributed by atoms with van der Waals surface area (Å²) >= 11 is 6.73. The van der Waals surface area contributed by atoms with E-state index in [-0.39, 0.29) is 12.1 Å². The lowest BCUT2D eigenvalue weighted by Crippen LogP contribution is -2.45. The van der Waals surface area contributed by atoms with E-state index < -0.39 is 17.1 Å². The number of rotatable bonds is 6. The summed E-state index contributed by atoms with van der Waals surface area (Å²) in [6.45, 7) is 11.3. The Bertz CT molecular complexity index is 1300. The van der Waals surface area contributed by atoms with Crippen LogP contribution in [-0.2, 0) is 9.59 Å². The number of amides is 3. The first-order chi connectivity index (χ1) is 17.0. The van der Waals surface area contributed by atoms with E-state index in [0.29, 0.717) is 15.6 Å². The van der Waals surface area contributed by atoms with Gasteiger partial charge in [0.05, 0.1) is 10.4 Å². The van der Waals surface area contributed by atoms with Gasteiger partial charge in [-0.05, 0) is 105 Å². The summed E-state index contributed by atoms with van der Waals surface area (Å²) in [6.07, 6.45) is 5.07. The molecule has 188 valence electrons. The molecule has 2 aliphatic heterocycles. The van der Waals surface area contributed by atoms with Crippen LogP contribution in [-0.4, -0.2) is 40.6 Å². The van der Waals surface area contributed by atoms with Gasteiger partial charge in [-0.1, -0.05) is 24.6 Å². The number of halogens is 1. The lowest BCUT2D eigenvalue weighted by atomic mass is 9.86. The second-order valence-corrected chi connectivity index (χ2v) is 11.1. The van der Waals surface area contributed by atoms with Gasteiger partial charge in [0.1, 0.15) is 6.54 Å². The number of nitrogens with zero attached hydrogens (tertiary/aromatic N) is 2. The maximum Gasteiger partial charge on any atom is 0.294 e. The highest BCUT2D eigenvalue weighted by Crippen LogP contribution is 2.41. The molecule has 2 aromatic carbocycles. The predicted molar refractivity (Wildman–Crippen MR) is 149 cm³/mol. The average molecular weight is 524 g/mol. The number of allylic oxidation sites excluding steroid dienone is 1. The number of hydrogen-bond donors (Lipinski definition) is 1. The molecule has 2 aromatic rings. The van der Waals surface area contributed by atoms with Crippen LogP contribution < -0.4 is 10.2 Å². The molecule has 0 bridgehead atoms. The molecule has 6 nitrogen and oxygen atoms in total. The Labute approximate surface area is 221 Å². The molecular formula is C28H30ClN3O3S. The van der Waals surface area contributed by atoms with Crippen molar-refractivity contribution in [3.05, 3.63) is 69.1 Å². The van der Waals surface area contributed by atoms with Gasteiger partial charge in [0.2, 0.25) is 5.91 Å². The topological polar surface area (TPSA) is 69.7 Å². The molecule has 2 heterocycles. The van der Waals surface area contributed by atoms with E-state index in [2.05, 4.69) is 56.1 Å². The van der Waals surface area contributed by atoms with Gasteiger partial charge in [-0.15, -0.1) is 0 Å². The molecule has 0 aliphatic carbocycles. The van der Waals surface area contributed by atoms with Crippen LogP contribution in [0.15, 0.2) is 47.4 Å². The molecule has 2 aliphatic rings. The Hall–Kier alpha value is -3.03. The first-order valence-electron chi connectivity index (χ1n) is 11.9. The van der Waals surface area contributed by atoms with Crippen molar-refractivity contribution in [3.63, 3.8) is 0 Å². The number of carbonyl (C=O) groups is 3. The minimum Gasteiger partial charge on any atom is -0.362 e. The number of hydrogen-bond acceptors (Lipinski definition) is 5. The molecule has 0 atom stereocenters. The van der Waals surface area contributed by atoms with Gasteiger partial charge in [0.15, 0.2) is 0 Å². The monoisotopic (exact) mass is 523 g/mol. The number of benzene rings is 2. The molecule has 1 fully saturated rings. The number of carbonyl (C=O) groups excluding carboxylic acids is 3. The van der Waals surface area contributed by atoms with Crippen molar-refractivity contribution in [1.82, 2.24) is 4.90 Å². The highest BCUT2D eigenvalue weighted by Gasteiger charge is 2.37. The van der Waals surface area contributed by atoms with E-state index in [1.807, 2.05) is 6.92 Å². The van der Waals surface area contributed by atoms with Crippen LogP contribution in [0.3, 0.4) is 0 Å². The van der Waals surface area contributed by atoms with Gasteiger partial charge in [-0.2, -0.15) is 0 Å². The molecule has 0 saturated carbocycles. The van der Waals surface area contributed by atoms with Crippen LogP contribution >= 0.6 is 23.4 Å². The molecule has 0 spiro atoms. The third kappa shape index (κ3) is 5.22. The summed E-state index contributed by atoms with van der Waals surface area (Å²) in [4.78, 5) is 41.8. The van der Waals surface area contributed by atoms with Gasteiger partial charge in [-0.3, -0.25) is 19.3 Å².